The van der Waals surface area contributed by atoms with E-state index in [1.54, 1.807) is 11.6 Å². The second kappa shape index (κ2) is 4.58. The molecule has 3 rings (SSSR count). The lowest BCUT2D eigenvalue weighted by molar-refractivity contribution is 1.02. The molecule has 0 aliphatic heterocycles. The van der Waals surface area contributed by atoms with Crippen LogP contribution in [0.25, 0.3) is 10.9 Å². The Hall–Kier alpha value is -2.21. The van der Waals surface area contributed by atoms with Crippen LogP contribution >= 0.6 is 11.3 Å². The monoisotopic (exact) mass is 258 g/mol. The van der Waals surface area contributed by atoms with E-state index in [1.807, 2.05) is 24.3 Å². The van der Waals surface area contributed by atoms with Gasteiger partial charge in [0.25, 0.3) is 0 Å². The molecule has 0 saturated heterocycles. The number of H-pyrrole nitrogens is 1. The number of rotatable bonds is 3. The smallest absolute Gasteiger partial charge is 0.304 e. The Balaban J connectivity index is 1.80. The lowest BCUT2D eigenvalue weighted by atomic mass is 10.2. The molecule has 0 amide bonds. The first-order valence-electron chi connectivity index (χ1n) is 5.43. The summed E-state index contributed by atoms with van der Waals surface area (Å²) in [5.41, 5.74) is 1.73. The molecule has 0 spiro atoms. The lowest BCUT2D eigenvalue weighted by Gasteiger charge is -2.03. The average Bonchev–Trinajstić information content (AvgIpc) is 2.82. The number of nitrogens with one attached hydrogen (secondary N) is 2. The van der Waals surface area contributed by atoms with Gasteiger partial charge in [0.15, 0.2) is 0 Å². The van der Waals surface area contributed by atoms with Gasteiger partial charge in [-0.3, -0.25) is 4.79 Å². The van der Waals surface area contributed by atoms with Crippen molar-refractivity contribution in [2.24, 2.45) is 0 Å². The third kappa shape index (κ3) is 2.23. The maximum absolute atomic E-state index is 11.0. The number of nitrogens with zero attached hydrogens (tertiary/aromatic N) is 2. The highest BCUT2D eigenvalue weighted by Gasteiger charge is 2.00. The molecule has 2 aromatic heterocycles. The van der Waals surface area contributed by atoms with Gasteiger partial charge in [0.2, 0.25) is 5.95 Å². The van der Waals surface area contributed by atoms with E-state index in [0.29, 0.717) is 12.5 Å². The minimum Gasteiger partial charge on any atom is -0.349 e. The molecular formula is C12H10N4OS. The maximum atomic E-state index is 11.0. The van der Waals surface area contributed by atoms with Crippen LogP contribution < -0.4 is 10.2 Å². The minimum atomic E-state index is -0.0498. The predicted molar refractivity (Wildman–Crippen MR) is 71.8 cm³/mol. The van der Waals surface area contributed by atoms with E-state index >= 15 is 0 Å². The molecule has 3 aromatic rings. The van der Waals surface area contributed by atoms with Crippen LogP contribution in [0.2, 0.25) is 0 Å². The number of fused-ring (bicyclic) bond motifs is 1. The molecule has 0 bridgehead atoms. The summed E-state index contributed by atoms with van der Waals surface area (Å²) in [7, 11) is 0. The average molecular weight is 258 g/mol. The Morgan fingerprint density at radius 1 is 1.33 bits per heavy atom. The molecule has 2 N–H and O–H groups in total. The summed E-state index contributed by atoms with van der Waals surface area (Å²) < 4.78 is 0. The summed E-state index contributed by atoms with van der Waals surface area (Å²) in [5, 5.41) is 5.88. The van der Waals surface area contributed by atoms with Gasteiger partial charge in [-0.05, 0) is 6.07 Å². The van der Waals surface area contributed by atoms with Crippen molar-refractivity contribution in [3.8, 4) is 0 Å². The van der Waals surface area contributed by atoms with Gasteiger partial charge >= 0.3 is 4.87 Å². The van der Waals surface area contributed by atoms with E-state index < -0.39 is 0 Å². The summed E-state index contributed by atoms with van der Waals surface area (Å²) in [6.07, 6.45) is 1.78. The van der Waals surface area contributed by atoms with Crippen LogP contribution in [0.15, 0.2) is 40.6 Å². The Morgan fingerprint density at radius 3 is 3.06 bits per heavy atom. The van der Waals surface area contributed by atoms with Gasteiger partial charge < -0.3 is 10.3 Å². The molecule has 0 saturated carbocycles. The second-order valence-electron chi connectivity index (χ2n) is 3.78. The van der Waals surface area contributed by atoms with Crippen molar-refractivity contribution in [3.05, 3.63) is 51.2 Å². The van der Waals surface area contributed by atoms with Gasteiger partial charge in [-0.2, -0.15) is 0 Å². The fourth-order valence-corrected chi connectivity index (χ4v) is 2.21. The Morgan fingerprint density at radius 2 is 2.22 bits per heavy atom. The van der Waals surface area contributed by atoms with Crippen LogP contribution in [0.3, 0.4) is 0 Å². The zero-order chi connectivity index (χ0) is 12.4. The Labute approximate surface area is 107 Å². The van der Waals surface area contributed by atoms with Crippen molar-refractivity contribution < 1.29 is 0 Å². The van der Waals surface area contributed by atoms with Crippen LogP contribution in [0.1, 0.15) is 5.69 Å². The standard InChI is InChI=1S/C12H10N4OS/c17-12-15-9(7-18-12)6-14-11-13-5-8-3-1-2-4-10(8)16-11/h1-5,7H,6H2,(H,15,17)(H,13,14,16). The van der Waals surface area contributed by atoms with Gasteiger partial charge in [0.05, 0.1) is 12.1 Å². The van der Waals surface area contributed by atoms with Crippen molar-refractivity contribution in [1.29, 1.82) is 0 Å². The van der Waals surface area contributed by atoms with E-state index in [1.165, 1.54) is 0 Å². The zero-order valence-electron chi connectivity index (χ0n) is 9.38. The third-order valence-corrected chi connectivity index (χ3v) is 3.22. The van der Waals surface area contributed by atoms with E-state index in [4.69, 9.17) is 0 Å². The highest BCUT2D eigenvalue weighted by atomic mass is 32.1. The molecule has 1 aromatic carbocycles. The predicted octanol–water partition coefficient (Wildman–Crippen LogP) is 1.99. The topological polar surface area (TPSA) is 70.7 Å². The summed E-state index contributed by atoms with van der Waals surface area (Å²) in [5.74, 6) is 0.556. The van der Waals surface area contributed by atoms with Crippen LogP contribution in [0.4, 0.5) is 5.95 Å². The van der Waals surface area contributed by atoms with Gasteiger partial charge in [0, 0.05) is 22.7 Å². The van der Waals surface area contributed by atoms with Crippen LogP contribution in [-0.2, 0) is 6.54 Å². The number of benzene rings is 1. The molecule has 90 valence electrons. The Bertz CT molecular complexity index is 734. The molecule has 2 heterocycles. The van der Waals surface area contributed by atoms with E-state index in [0.717, 1.165) is 27.9 Å². The van der Waals surface area contributed by atoms with E-state index in [9.17, 15) is 4.79 Å². The fraction of sp³-hybridized carbons (Fsp3) is 0.0833. The van der Waals surface area contributed by atoms with E-state index in [-0.39, 0.29) is 4.87 Å². The molecule has 5 nitrogen and oxygen atoms in total. The van der Waals surface area contributed by atoms with Crippen molar-refractivity contribution in [1.82, 2.24) is 15.0 Å². The highest BCUT2D eigenvalue weighted by Crippen LogP contribution is 2.12. The maximum Gasteiger partial charge on any atom is 0.304 e. The molecule has 0 unspecified atom stereocenters. The van der Waals surface area contributed by atoms with Gasteiger partial charge in [0.1, 0.15) is 0 Å². The molecule has 0 radical (unpaired) electrons. The van der Waals surface area contributed by atoms with Crippen LogP contribution in [-0.4, -0.2) is 15.0 Å². The molecule has 0 fully saturated rings. The molecule has 6 heteroatoms. The first-order chi connectivity index (χ1) is 8.81. The summed E-state index contributed by atoms with van der Waals surface area (Å²) in [4.78, 5) is 22.3. The van der Waals surface area contributed by atoms with Gasteiger partial charge in [-0.25, -0.2) is 9.97 Å². The quantitative estimate of drug-likeness (QED) is 0.753. The number of hydrogen-bond donors (Lipinski definition) is 2. The SMILES string of the molecule is O=c1[nH]c(CNc2ncc3ccccc3n2)cs1. The summed E-state index contributed by atoms with van der Waals surface area (Å²) in [6, 6.07) is 7.80. The second-order valence-corrected chi connectivity index (χ2v) is 4.62. The summed E-state index contributed by atoms with van der Waals surface area (Å²) in [6.45, 7) is 0.511. The number of aromatic amines is 1. The normalized spacial score (nSPS) is 10.7. The highest BCUT2D eigenvalue weighted by molar-refractivity contribution is 7.07. The van der Waals surface area contributed by atoms with Crippen molar-refractivity contribution in [3.63, 3.8) is 0 Å². The first kappa shape index (κ1) is 10.9. The molecular weight excluding hydrogens is 248 g/mol. The van der Waals surface area contributed by atoms with Crippen molar-refractivity contribution in [2.75, 3.05) is 5.32 Å². The zero-order valence-corrected chi connectivity index (χ0v) is 10.2. The minimum absolute atomic E-state index is 0.0498. The molecule has 0 aliphatic rings. The van der Waals surface area contributed by atoms with Crippen molar-refractivity contribution >= 4 is 28.2 Å². The molecule has 0 aliphatic carbocycles. The number of anilines is 1. The fourth-order valence-electron chi connectivity index (χ4n) is 1.63. The molecule has 0 atom stereocenters. The van der Waals surface area contributed by atoms with Gasteiger partial charge in [-0.1, -0.05) is 29.5 Å². The Kier molecular flexibility index (Phi) is 2.77. The van der Waals surface area contributed by atoms with Crippen molar-refractivity contribution in [2.45, 2.75) is 6.54 Å². The number of aromatic nitrogens is 3. The lowest BCUT2D eigenvalue weighted by Crippen LogP contribution is -2.05. The largest absolute Gasteiger partial charge is 0.349 e. The molecule has 18 heavy (non-hydrogen) atoms. The first-order valence-corrected chi connectivity index (χ1v) is 6.31. The summed E-state index contributed by atoms with van der Waals surface area (Å²) >= 11 is 1.15. The number of hydrogen-bond acceptors (Lipinski definition) is 5. The van der Waals surface area contributed by atoms with E-state index in [2.05, 4.69) is 20.3 Å². The van der Waals surface area contributed by atoms with Crippen LogP contribution in [0.5, 0.6) is 0 Å². The van der Waals surface area contributed by atoms with Gasteiger partial charge in [-0.15, -0.1) is 0 Å². The third-order valence-electron chi connectivity index (χ3n) is 2.50. The van der Waals surface area contributed by atoms with Crippen LogP contribution in [0, 0.1) is 0 Å². The number of para-hydroxylation sites is 1. The number of thiazole rings is 1.